The molecule has 1 aliphatic rings. The molecular weight excluding hydrogens is 414 g/mol. The molecule has 1 fully saturated rings. The summed E-state index contributed by atoms with van der Waals surface area (Å²) in [6.45, 7) is 4.29. The first kappa shape index (κ1) is 23.4. The highest BCUT2D eigenvalue weighted by Crippen LogP contribution is 2.35. The molecule has 32 heavy (non-hydrogen) atoms. The Morgan fingerprint density at radius 2 is 1.84 bits per heavy atom. The first-order chi connectivity index (χ1) is 15.2. The lowest BCUT2D eigenvalue weighted by Crippen LogP contribution is -2.52. The van der Waals surface area contributed by atoms with Crippen molar-refractivity contribution >= 4 is 28.7 Å². The zero-order valence-corrected chi connectivity index (χ0v) is 19.2. The van der Waals surface area contributed by atoms with Gasteiger partial charge in [0, 0.05) is 19.0 Å². The number of ether oxygens (including phenoxy) is 2. The summed E-state index contributed by atoms with van der Waals surface area (Å²) < 4.78 is 12.6. The third kappa shape index (κ3) is 4.37. The predicted octanol–water partition coefficient (Wildman–Crippen LogP) is 2.42. The van der Waals surface area contributed by atoms with Gasteiger partial charge in [0.25, 0.3) is 5.91 Å². The van der Waals surface area contributed by atoms with Crippen LogP contribution in [0.25, 0.3) is 10.9 Å². The lowest BCUT2D eigenvalue weighted by Gasteiger charge is -2.28. The van der Waals surface area contributed by atoms with Crippen molar-refractivity contribution in [3.05, 3.63) is 23.9 Å². The number of carboxylic acids is 1. The number of hydrogen-bond donors (Lipinski definition) is 2. The first-order valence-corrected chi connectivity index (χ1v) is 10.7. The van der Waals surface area contributed by atoms with Crippen LogP contribution in [0.5, 0.6) is 11.5 Å². The third-order valence-corrected chi connectivity index (χ3v) is 5.92. The number of methoxy groups -OCH3 is 2. The van der Waals surface area contributed by atoms with Gasteiger partial charge in [-0.2, -0.15) is 0 Å². The van der Waals surface area contributed by atoms with Gasteiger partial charge in [0.05, 0.1) is 19.7 Å². The van der Waals surface area contributed by atoms with Crippen LogP contribution in [0.4, 0.5) is 0 Å². The van der Waals surface area contributed by atoms with Gasteiger partial charge in [0.1, 0.15) is 29.3 Å². The number of aryl methyl sites for hydroxylation is 1. The van der Waals surface area contributed by atoms with Gasteiger partial charge < -0.3 is 29.4 Å². The summed E-state index contributed by atoms with van der Waals surface area (Å²) in [5.74, 6) is -0.463. The van der Waals surface area contributed by atoms with E-state index in [1.54, 1.807) is 44.0 Å². The summed E-state index contributed by atoms with van der Waals surface area (Å²) in [6, 6.07) is 3.59. The van der Waals surface area contributed by atoms with Crippen molar-refractivity contribution in [1.82, 2.24) is 14.8 Å². The van der Waals surface area contributed by atoms with Crippen LogP contribution < -0.4 is 14.8 Å². The second kappa shape index (κ2) is 9.50. The summed E-state index contributed by atoms with van der Waals surface area (Å²) in [4.78, 5) is 39.4. The van der Waals surface area contributed by atoms with E-state index in [-0.39, 0.29) is 11.8 Å². The SMILES string of the molecule is COc1ccc(OC)c2c1cc(C(=O)NC(CC(C)C)C(=O)N1CCCC1C(=O)O)n2C. The monoisotopic (exact) mass is 445 g/mol. The number of aromatic nitrogens is 1. The predicted molar refractivity (Wildman–Crippen MR) is 119 cm³/mol. The maximum absolute atomic E-state index is 13.3. The molecule has 0 bridgehead atoms. The highest BCUT2D eigenvalue weighted by molar-refractivity contribution is 6.03. The fraction of sp³-hybridized carbons (Fsp3) is 0.522. The Bertz CT molecular complexity index is 1030. The van der Waals surface area contributed by atoms with E-state index in [0.717, 1.165) is 5.39 Å². The summed E-state index contributed by atoms with van der Waals surface area (Å²) in [6.07, 6.45) is 1.46. The van der Waals surface area contributed by atoms with Gasteiger partial charge in [0.15, 0.2) is 0 Å². The van der Waals surface area contributed by atoms with Crippen molar-refractivity contribution in [2.24, 2.45) is 13.0 Å². The van der Waals surface area contributed by atoms with Crippen LogP contribution >= 0.6 is 0 Å². The second-order valence-electron chi connectivity index (χ2n) is 8.50. The number of carbonyl (C=O) groups excluding carboxylic acids is 2. The quantitative estimate of drug-likeness (QED) is 0.646. The first-order valence-electron chi connectivity index (χ1n) is 10.7. The zero-order valence-electron chi connectivity index (χ0n) is 19.2. The van der Waals surface area contributed by atoms with Gasteiger partial charge >= 0.3 is 5.97 Å². The molecule has 9 heteroatoms. The number of nitrogens with one attached hydrogen (secondary N) is 1. The Morgan fingerprint density at radius 3 is 2.44 bits per heavy atom. The highest BCUT2D eigenvalue weighted by atomic mass is 16.5. The smallest absolute Gasteiger partial charge is 0.326 e. The number of fused-ring (bicyclic) bond motifs is 1. The van der Waals surface area contributed by atoms with Gasteiger partial charge in [0.2, 0.25) is 5.91 Å². The molecule has 0 spiro atoms. The Balaban J connectivity index is 1.93. The van der Waals surface area contributed by atoms with Crippen molar-refractivity contribution in [2.75, 3.05) is 20.8 Å². The normalized spacial score (nSPS) is 16.9. The van der Waals surface area contributed by atoms with Crippen LogP contribution in [0.2, 0.25) is 0 Å². The number of carboxylic acid groups (broad SMARTS) is 1. The van der Waals surface area contributed by atoms with Crippen LogP contribution in [0.15, 0.2) is 18.2 Å². The Morgan fingerprint density at radius 1 is 1.19 bits per heavy atom. The molecule has 0 saturated carbocycles. The number of likely N-dealkylation sites (tertiary alicyclic amines) is 1. The Hall–Kier alpha value is -3.23. The molecule has 2 unspecified atom stereocenters. The van der Waals surface area contributed by atoms with Crippen molar-refractivity contribution in [3.8, 4) is 11.5 Å². The molecular formula is C23H31N3O6. The number of benzene rings is 1. The van der Waals surface area contributed by atoms with Crippen molar-refractivity contribution < 1.29 is 29.0 Å². The minimum Gasteiger partial charge on any atom is -0.496 e. The number of amides is 2. The van der Waals surface area contributed by atoms with E-state index in [1.165, 1.54) is 4.90 Å². The number of aliphatic carboxylic acids is 1. The van der Waals surface area contributed by atoms with Gasteiger partial charge in [-0.05, 0) is 43.4 Å². The molecule has 2 amide bonds. The molecule has 9 nitrogen and oxygen atoms in total. The minimum atomic E-state index is -1.02. The summed E-state index contributed by atoms with van der Waals surface area (Å²) in [7, 11) is 4.86. The molecule has 1 aromatic heterocycles. The molecule has 1 saturated heterocycles. The highest BCUT2D eigenvalue weighted by Gasteiger charge is 2.38. The standard InChI is InChI=1S/C23H31N3O6/c1-13(2)11-15(22(28)26-10-6-7-16(26)23(29)30)24-21(27)17-12-14-18(31-4)8-9-19(32-5)20(14)25(17)3/h8-9,12-13,15-16H,6-7,10-11H2,1-5H3,(H,24,27)(H,29,30). The van der Waals surface area contributed by atoms with E-state index in [0.29, 0.717) is 48.5 Å². The summed E-state index contributed by atoms with van der Waals surface area (Å²) in [5.41, 5.74) is 1.05. The van der Waals surface area contributed by atoms with E-state index in [9.17, 15) is 19.5 Å². The minimum absolute atomic E-state index is 0.128. The number of carbonyl (C=O) groups is 3. The van der Waals surface area contributed by atoms with Crippen molar-refractivity contribution in [2.45, 2.75) is 45.2 Å². The van der Waals surface area contributed by atoms with Gasteiger partial charge in [-0.3, -0.25) is 9.59 Å². The van der Waals surface area contributed by atoms with Gasteiger partial charge in [-0.1, -0.05) is 13.8 Å². The average Bonchev–Trinajstić information content (AvgIpc) is 3.37. The van der Waals surface area contributed by atoms with Gasteiger partial charge in [-0.15, -0.1) is 0 Å². The van der Waals surface area contributed by atoms with Crippen LogP contribution in [0.3, 0.4) is 0 Å². The number of rotatable bonds is 8. The van der Waals surface area contributed by atoms with E-state index in [1.807, 2.05) is 13.8 Å². The average molecular weight is 446 g/mol. The molecule has 1 aromatic carbocycles. The molecule has 2 atom stereocenters. The molecule has 2 aromatic rings. The fourth-order valence-electron chi connectivity index (χ4n) is 4.38. The van der Waals surface area contributed by atoms with E-state index >= 15 is 0 Å². The molecule has 3 rings (SSSR count). The third-order valence-electron chi connectivity index (χ3n) is 5.92. The van der Waals surface area contributed by atoms with Crippen LogP contribution in [-0.4, -0.2) is 65.2 Å². The molecule has 0 radical (unpaired) electrons. The van der Waals surface area contributed by atoms with Crippen LogP contribution in [0, 0.1) is 5.92 Å². The topological polar surface area (TPSA) is 110 Å². The second-order valence-corrected chi connectivity index (χ2v) is 8.50. The van der Waals surface area contributed by atoms with E-state index in [4.69, 9.17) is 9.47 Å². The molecule has 0 aliphatic carbocycles. The van der Waals surface area contributed by atoms with Crippen LogP contribution in [-0.2, 0) is 16.6 Å². The summed E-state index contributed by atoms with van der Waals surface area (Å²) >= 11 is 0. The molecule has 2 N–H and O–H groups in total. The van der Waals surface area contributed by atoms with E-state index in [2.05, 4.69) is 5.32 Å². The molecule has 2 heterocycles. The fourth-order valence-corrected chi connectivity index (χ4v) is 4.38. The van der Waals surface area contributed by atoms with Crippen LogP contribution in [0.1, 0.15) is 43.6 Å². The van der Waals surface area contributed by atoms with Crippen molar-refractivity contribution in [3.63, 3.8) is 0 Å². The van der Waals surface area contributed by atoms with E-state index < -0.39 is 24.0 Å². The maximum Gasteiger partial charge on any atom is 0.326 e. The molecule has 174 valence electrons. The van der Waals surface area contributed by atoms with Crippen molar-refractivity contribution in [1.29, 1.82) is 0 Å². The summed E-state index contributed by atoms with van der Waals surface area (Å²) in [5, 5.41) is 13.0. The Labute approximate surface area is 187 Å². The maximum atomic E-state index is 13.3. The van der Waals surface area contributed by atoms with Gasteiger partial charge in [-0.25, -0.2) is 4.79 Å². The largest absolute Gasteiger partial charge is 0.496 e. The zero-order chi connectivity index (χ0) is 23.6. The Kier molecular flexibility index (Phi) is 6.96. The number of hydrogen-bond acceptors (Lipinski definition) is 5. The number of nitrogens with zero attached hydrogens (tertiary/aromatic N) is 2. The molecule has 1 aliphatic heterocycles. The lowest BCUT2D eigenvalue weighted by molar-refractivity contribution is -0.149. The lowest BCUT2D eigenvalue weighted by atomic mass is 10.0.